The van der Waals surface area contributed by atoms with Gasteiger partial charge >= 0.3 is 0 Å². The minimum Gasteiger partial charge on any atom is -0.481 e. The van der Waals surface area contributed by atoms with E-state index >= 15 is 0 Å². The molecule has 64 heavy (non-hydrogen) atoms. The quantitative estimate of drug-likeness (QED) is 0.119. The summed E-state index contributed by atoms with van der Waals surface area (Å²) in [6.45, 7) is 0.669. The van der Waals surface area contributed by atoms with Gasteiger partial charge in [-0.2, -0.15) is 0 Å². The number of fused-ring (bicyclic) bond motifs is 8. The van der Waals surface area contributed by atoms with Crippen molar-refractivity contribution in [3.05, 3.63) is 144 Å². The standard InChI is InChI=1S/C56H38N4O4/c1-5-33-61-41-17-9-37(10-18-41)53-45-25-27-47(57-45)54(38-11-19-42(20-12-38)62-34-6-2)49-29-31-51(59-49)56(40-15-23-44(24-16-40)64-36-8-4)52-32-30-50(60-52)55(48-28-26-46(53)58-48)39-13-21-43(22-14-39)63-35-7-3/h1-4,9-32,57,60H,33-36H2. The molecule has 2 aliphatic rings. The predicted octanol–water partition coefficient (Wildman–Crippen LogP) is 11.4. The molecule has 0 radical (unpaired) electrons. The molecule has 0 saturated heterocycles. The van der Waals surface area contributed by atoms with Crippen LogP contribution in [-0.2, 0) is 0 Å². The Balaban J connectivity index is 1.37. The van der Waals surface area contributed by atoms with Crippen LogP contribution in [0.4, 0.5) is 0 Å². The van der Waals surface area contributed by atoms with E-state index in [4.69, 9.17) is 54.6 Å². The summed E-state index contributed by atoms with van der Waals surface area (Å²) < 4.78 is 23.0. The number of H-pyrrole nitrogens is 2. The lowest BCUT2D eigenvalue weighted by Gasteiger charge is -2.09. The lowest BCUT2D eigenvalue weighted by atomic mass is 10.0. The second kappa shape index (κ2) is 18.3. The summed E-state index contributed by atoms with van der Waals surface area (Å²) in [7, 11) is 0. The first kappa shape index (κ1) is 40.3. The molecule has 0 fully saturated rings. The van der Waals surface area contributed by atoms with E-state index in [1.54, 1.807) is 0 Å². The van der Waals surface area contributed by atoms with Gasteiger partial charge in [-0.1, -0.05) is 72.2 Å². The summed E-state index contributed by atoms with van der Waals surface area (Å²) in [5, 5.41) is 0. The average Bonchev–Trinajstić information content (AvgIpc) is 4.19. The molecule has 0 saturated carbocycles. The highest BCUT2D eigenvalue weighted by Crippen LogP contribution is 2.39. The van der Waals surface area contributed by atoms with Gasteiger partial charge in [0.05, 0.1) is 22.8 Å². The number of benzene rings is 4. The molecule has 0 atom stereocenters. The molecule has 0 spiro atoms. The van der Waals surface area contributed by atoms with E-state index in [2.05, 4.69) is 57.9 Å². The van der Waals surface area contributed by atoms with Crippen LogP contribution in [0.25, 0.3) is 90.9 Å². The van der Waals surface area contributed by atoms with Gasteiger partial charge in [-0.15, -0.1) is 25.7 Å². The third-order valence-electron chi connectivity index (χ3n) is 10.6. The Morgan fingerprint density at radius 1 is 0.328 bits per heavy atom. The molecule has 2 aliphatic heterocycles. The van der Waals surface area contributed by atoms with Crippen LogP contribution in [-0.4, -0.2) is 46.4 Å². The number of nitrogens with one attached hydrogen (secondary N) is 2. The summed E-state index contributed by atoms with van der Waals surface area (Å²) in [6.07, 6.45) is 30.2. The molecule has 0 unspecified atom stereocenters. The van der Waals surface area contributed by atoms with E-state index in [9.17, 15) is 0 Å². The molecule has 0 amide bonds. The maximum atomic E-state index is 5.75. The summed E-state index contributed by atoms with van der Waals surface area (Å²) in [5.41, 5.74) is 13.7. The van der Waals surface area contributed by atoms with E-state index in [0.29, 0.717) is 23.0 Å². The largest absolute Gasteiger partial charge is 0.481 e. The number of hydrogen-bond donors (Lipinski definition) is 2. The van der Waals surface area contributed by atoms with Crippen LogP contribution in [0.5, 0.6) is 23.0 Å². The van der Waals surface area contributed by atoms with Crippen molar-refractivity contribution in [1.82, 2.24) is 19.9 Å². The van der Waals surface area contributed by atoms with Gasteiger partial charge < -0.3 is 28.9 Å². The molecule has 8 bridgehead atoms. The van der Waals surface area contributed by atoms with Crippen LogP contribution in [0.2, 0.25) is 0 Å². The molecular formula is C56H38N4O4. The molecular weight excluding hydrogens is 793 g/mol. The van der Waals surface area contributed by atoms with Crippen molar-refractivity contribution in [2.24, 2.45) is 0 Å². The van der Waals surface area contributed by atoms with Crippen LogP contribution in [0, 0.1) is 49.4 Å². The van der Waals surface area contributed by atoms with Crippen LogP contribution in [0.1, 0.15) is 22.8 Å². The number of hydrogen-bond acceptors (Lipinski definition) is 6. The molecule has 4 aromatic carbocycles. The molecule has 7 aromatic rings. The van der Waals surface area contributed by atoms with Gasteiger partial charge in [0.15, 0.2) is 0 Å². The van der Waals surface area contributed by atoms with Crippen LogP contribution >= 0.6 is 0 Å². The Morgan fingerprint density at radius 2 is 0.547 bits per heavy atom. The van der Waals surface area contributed by atoms with Crippen molar-refractivity contribution in [2.75, 3.05) is 26.4 Å². The first-order valence-electron chi connectivity index (χ1n) is 20.4. The molecule has 0 aliphatic carbocycles. The zero-order valence-electron chi connectivity index (χ0n) is 34.5. The van der Waals surface area contributed by atoms with E-state index in [1.165, 1.54) is 0 Å². The van der Waals surface area contributed by atoms with E-state index in [-0.39, 0.29) is 26.4 Å². The van der Waals surface area contributed by atoms with Crippen molar-refractivity contribution in [3.8, 4) is 117 Å². The van der Waals surface area contributed by atoms with Crippen LogP contribution < -0.4 is 18.9 Å². The lowest BCUT2D eigenvalue weighted by Crippen LogP contribution is -1.94. The van der Waals surface area contributed by atoms with Gasteiger partial charge in [0, 0.05) is 44.3 Å². The molecule has 5 heterocycles. The number of nitrogens with zero attached hydrogens (tertiary/aromatic N) is 2. The zero-order valence-corrected chi connectivity index (χ0v) is 34.5. The predicted molar refractivity (Wildman–Crippen MR) is 258 cm³/mol. The number of aromatic amines is 2. The van der Waals surface area contributed by atoms with Gasteiger partial charge in [-0.3, -0.25) is 0 Å². The Labute approximate surface area is 371 Å². The smallest absolute Gasteiger partial charge is 0.148 e. The molecule has 9 rings (SSSR count). The van der Waals surface area contributed by atoms with Crippen molar-refractivity contribution < 1.29 is 18.9 Å². The van der Waals surface area contributed by atoms with Crippen molar-refractivity contribution in [2.45, 2.75) is 0 Å². The second-order valence-corrected chi connectivity index (χ2v) is 14.6. The third-order valence-corrected chi connectivity index (χ3v) is 10.6. The highest BCUT2D eigenvalue weighted by Gasteiger charge is 2.19. The Bertz CT molecular complexity index is 2850. The van der Waals surface area contributed by atoms with Gasteiger partial charge in [-0.05, 0) is 119 Å². The summed E-state index contributed by atoms with van der Waals surface area (Å²) in [6, 6.07) is 39.7. The second-order valence-electron chi connectivity index (χ2n) is 14.6. The van der Waals surface area contributed by atoms with E-state index < -0.39 is 0 Å². The Hall–Kier alpha value is -9.08. The first-order valence-corrected chi connectivity index (χ1v) is 20.4. The van der Waals surface area contributed by atoms with Crippen molar-refractivity contribution in [3.63, 3.8) is 0 Å². The fraction of sp³-hybridized carbons (Fsp3) is 0.0714. The Morgan fingerprint density at radius 3 is 0.750 bits per heavy atom. The first-order chi connectivity index (χ1) is 31.5. The molecule has 306 valence electrons. The molecule has 8 heteroatoms. The molecule has 8 nitrogen and oxygen atoms in total. The highest BCUT2D eigenvalue weighted by molar-refractivity contribution is 6.00. The Kier molecular flexibility index (Phi) is 11.5. The van der Waals surface area contributed by atoms with Crippen LogP contribution in [0.15, 0.2) is 121 Å². The SMILES string of the molecule is C#CCOc1ccc(-c2c3nc(c(-c4ccc(OCC#C)cc4)c4ccc([nH]4)c(-c4ccc(OCC#C)cc4)c4nc(c(-c5ccc(OCC#C)cc5)c5ccc2[nH]5)C=C4)C=C3)cc1. The average molecular weight is 831 g/mol. The minimum absolute atomic E-state index is 0.167. The lowest BCUT2D eigenvalue weighted by molar-refractivity contribution is 0.370. The highest BCUT2D eigenvalue weighted by atomic mass is 16.5. The monoisotopic (exact) mass is 830 g/mol. The van der Waals surface area contributed by atoms with Crippen LogP contribution in [0.3, 0.4) is 0 Å². The third kappa shape index (κ3) is 8.32. The maximum absolute atomic E-state index is 5.75. The summed E-state index contributed by atoms with van der Waals surface area (Å²) in [4.78, 5) is 18.3. The van der Waals surface area contributed by atoms with Crippen molar-refractivity contribution in [1.29, 1.82) is 0 Å². The van der Waals surface area contributed by atoms with E-state index in [1.807, 2.05) is 121 Å². The van der Waals surface area contributed by atoms with Gasteiger partial charge in [-0.25, -0.2) is 9.97 Å². The zero-order chi connectivity index (χ0) is 43.8. The molecule has 3 aromatic heterocycles. The normalized spacial score (nSPS) is 11.2. The number of terminal acetylenes is 4. The van der Waals surface area contributed by atoms with Crippen molar-refractivity contribution >= 4 is 46.4 Å². The fourth-order valence-corrected chi connectivity index (χ4v) is 7.79. The fourth-order valence-electron chi connectivity index (χ4n) is 7.79. The van der Waals surface area contributed by atoms with Gasteiger partial charge in [0.25, 0.3) is 0 Å². The number of rotatable bonds is 12. The summed E-state index contributed by atoms with van der Waals surface area (Å²) >= 11 is 0. The van der Waals surface area contributed by atoms with E-state index in [0.717, 1.165) is 89.4 Å². The number of aromatic nitrogens is 4. The van der Waals surface area contributed by atoms with Gasteiger partial charge in [0.2, 0.25) is 0 Å². The molecule has 2 N–H and O–H groups in total. The topological polar surface area (TPSA) is 94.3 Å². The van der Waals surface area contributed by atoms with Gasteiger partial charge in [0.1, 0.15) is 49.4 Å². The number of ether oxygens (including phenoxy) is 4. The maximum Gasteiger partial charge on any atom is 0.148 e. The minimum atomic E-state index is 0.167. The summed E-state index contributed by atoms with van der Waals surface area (Å²) in [5.74, 6) is 12.8.